The lowest BCUT2D eigenvalue weighted by molar-refractivity contribution is -0.384. The molecule has 1 amide bonds. The topological polar surface area (TPSA) is 112 Å². The van der Waals surface area contributed by atoms with Crippen LogP contribution in [0, 0.1) is 10.1 Å². The van der Waals surface area contributed by atoms with Gasteiger partial charge < -0.3 is 4.74 Å². The number of halogens is 1. The molecule has 2 heterocycles. The van der Waals surface area contributed by atoms with Crippen LogP contribution in [0.15, 0.2) is 48.8 Å². The summed E-state index contributed by atoms with van der Waals surface area (Å²) >= 11 is 6.35. The summed E-state index contributed by atoms with van der Waals surface area (Å²) in [6.45, 7) is 0.139. The predicted octanol–water partition coefficient (Wildman–Crippen LogP) is 3.35. The third-order valence-electron chi connectivity index (χ3n) is 4.35. The molecule has 0 unspecified atom stereocenters. The van der Waals surface area contributed by atoms with E-state index in [0.717, 1.165) is 5.56 Å². The molecule has 142 valence electrons. The highest BCUT2D eigenvalue weighted by molar-refractivity contribution is 6.32. The molecule has 1 N–H and O–H groups in total. The van der Waals surface area contributed by atoms with Crippen LogP contribution in [0.1, 0.15) is 23.6 Å². The van der Waals surface area contributed by atoms with Crippen molar-refractivity contribution >= 4 is 29.1 Å². The van der Waals surface area contributed by atoms with E-state index in [-0.39, 0.29) is 30.7 Å². The van der Waals surface area contributed by atoms with Crippen LogP contribution in [0.5, 0.6) is 5.75 Å². The number of rotatable bonds is 5. The van der Waals surface area contributed by atoms with E-state index in [0.29, 0.717) is 22.3 Å². The highest BCUT2D eigenvalue weighted by Crippen LogP contribution is 2.33. The Morgan fingerprint density at radius 3 is 2.96 bits per heavy atom. The minimum atomic E-state index is -0.454. The van der Waals surface area contributed by atoms with Crippen molar-refractivity contribution in [2.24, 2.45) is 0 Å². The van der Waals surface area contributed by atoms with Crippen LogP contribution in [-0.4, -0.2) is 25.6 Å². The lowest BCUT2D eigenvalue weighted by Crippen LogP contribution is -2.29. The van der Waals surface area contributed by atoms with Gasteiger partial charge in [0.1, 0.15) is 18.7 Å². The zero-order chi connectivity index (χ0) is 19.7. The number of amides is 1. The molecule has 0 saturated heterocycles. The predicted molar refractivity (Wildman–Crippen MR) is 100 cm³/mol. The molecule has 4 rings (SSSR count). The fourth-order valence-electron chi connectivity index (χ4n) is 3.03. The third kappa shape index (κ3) is 3.52. The second-order valence-electron chi connectivity index (χ2n) is 6.20. The van der Waals surface area contributed by atoms with E-state index in [2.05, 4.69) is 15.4 Å². The van der Waals surface area contributed by atoms with Crippen LogP contribution in [0.4, 0.5) is 11.6 Å². The van der Waals surface area contributed by atoms with E-state index in [4.69, 9.17) is 16.3 Å². The monoisotopic (exact) mass is 399 g/mol. The molecule has 10 heteroatoms. The largest absolute Gasteiger partial charge is 0.487 e. The van der Waals surface area contributed by atoms with Gasteiger partial charge in [-0.1, -0.05) is 29.8 Å². The van der Waals surface area contributed by atoms with E-state index in [1.807, 2.05) is 6.07 Å². The van der Waals surface area contributed by atoms with E-state index in [1.165, 1.54) is 18.5 Å². The fourth-order valence-corrected chi connectivity index (χ4v) is 3.27. The smallest absolute Gasteiger partial charge is 0.269 e. The number of anilines is 1. The fraction of sp³-hybridized carbons (Fsp3) is 0.167. The van der Waals surface area contributed by atoms with Gasteiger partial charge in [0.15, 0.2) is 0 Å². The van der Waals surface area contributed by atoms with Crippen molar-refractivity contribution in [3.63, 3.8) is 0 Å². The van der Waals surface area contributed by atoms with Crippen molar-refractivity contribution in [2.45, 2.75) is 19.1 Å². The van der Waals surface area contributed by atoms with E-state index >= 15 is 0 Å². The van der Waals surface area contributed by atoms with Gasteiger partial charge in [-0.05, 0) is 23.3 Å². The Bertz CT molecular complexity index is 1070. The number of nitrogens with one attached hydrogen (secondary N) is 1. The number of non-ortho nitro benzene ring substituents is 1. The van der Waals surface area contributed by atoms with E-state index in [9.17, 15) is 14.9 Å². The summed E-state index contributed by atoms with van der Waals surface area (Å²) in [4.78, 5) is 26.3. The van der Waals surface area contributed by atoms with Crippen molar-refractivity contribution < 1.29 is 14.5 Å². The van der Waals surface area contributed by atoms with Gasteiger partial charge in [0.05, 0.1) is 22.4 Å². The molecule has 3 aromatic rings. The van der Waals surface area contributed by atoms with Gasteiger partial charge in [-0.3, -0.25) is 20.2 Å². The van der Waals surface area contributed by atoms with Crippen molar-refractivity contribution in [1.82, 2.24) is 14.8 Å². The van der Waals surface area contributed by atoms with Crippen LogP contribution < -0.4 is 10.1 Å². The molecular formula is C18H14ClN5O4. The van der Waals surface area contributed by atoms with Crippen molar-refractivity contribution in [1.29, 1.82) is 0 Å². The summed E-state index contributed by atoms with van der Waals surface area (Å²) in [5, 5.41) is 18.1. The number of carbonyl (C=O) groups excluding carboxylic acids is 1. The average Bonchev–Trinajstić information content (AvgIpc) is 3.15. The average molecular weight is 400 g/mol. The number of nitrogens with zero attached hydrogens (tertiary/aromatic N) is 4. The molecule has 0 aliphatic carbocycles. The Labute approximate surface area is 164 Å². The Kier molecular flexibility index (Phi) is 4.66. The van der Waals surface area contributed by atoms with Crippen LogP contribution in [0.3, 0.4) is 0 Å². The lowest BCUT2D eigenvalue weighted by atomic mass is 10.0. The zero-order valence-electron chi connectivity index (χ0n) is 14.4. The number of aromatic nitrogens is 3. The number of ether oxygens (including phenoxy) is 1. The highest BCUT2D eigenvalue weighted by Gasteiger charge is 2.28. The molecule has 1 atom stereocenters. The number of nitro benzene ring substituents is 1. The number of hydrogen-bond donors (Lipinski definition) is 1. The van der Waals surface area contributed by atoms with E-state index in [1.54, 1.807) is 28.9 Å². The van der Waals surface area contributed by atoms with Gasteiger partial charge >= 0.3 is 0 Å². The number of hydrogen-bond acceptors (Lipinski definition) is 6. The standard InChI is InChI=1S/C18H14ClN5O4/c19-14-7-12(15-8-17(25)22-18-20-10-21-23(15)18)4-5-16(14)28-9-11-2-1-3-13(6-11)24(26)27/h1-7,10,15H,8-9H2,(H,20,21,22,25)/t15-/m0/s1. The van der Waals surface area contributed by atoms with Gasteiger partial charge in [-0.2, -0.15) is 10.1 Å². The number of benzene rings is 2. The molecule has 0 saturated carbocycles. The van der Waals surface area contributed by atoms with Gasteiger partial charge in [0.2, 0.25) is 11.9 Å². The molecule has 0 fully saturated rings. The highest BCUT2D eigenvalue weighted by atomic mass is 35.5. The van der Waals surface area contributed by atoms with Crippen molar-refractivity contribution in [2.75, 3.05) is 5.32 Å². The molecule has 1 aliphatic rings. The summed E-state index contributed by atoms with van der Waals surface area (Å²) < 4.78 is 7.34. The minimum absolute atomic E-state index is 0.00163. The van der Waals surface area contributed by atoms with Gasteiger partial charge in [-0.15, -0.1) is 0 Å². The second kappa shape index (κ2) is 7.28. The first kappa shape index (κ1) is 17.9. The van der Waals surface area contributed by atoms with E-state index < -0.39 is 4.92 Å². The maximum Gasteiger partial charge on any atom is 0.269 e. The Morgan fingerprint density at radius 1 is 1.32 bits per heavy atom. The molecule has 9 nitrogen and oxygen atoms in total. The molecular weight excluding hydrogens is 386 g/mol. The normalized spacial score (nSPS) is 15.6. The Morgan fingerprint density at radius 2 is 2.18 bits per heavy atom. The van der Waals surface area contributed by atoms with Crippen LogP contribution in [-0.2, 0) is 11.4 Å². The van der Waals surface area contributed by atoms with Gasteiger partial charge in [0.25, 0.3) is 5.69 Å². The summed E-state index contributed by atoms with van der Waals surface area (Å²) in [6, 6.07) is 11.1. The Balaban J connectivity index is 1.52. The molecule has 0 bridgehead atoms. The summed E-state index contributed by atoms with van der Waals surface area (Å²) in [5.41, 5.74) is 1.46. The quantitative estimate of drug-likeness (QED) is 0.520. The summed E-state index contributed by atoms with van der Waals surface area (Å²) in [5.74, 6) is 0.687. The van der Waals surface area contributed by atoms with Gasteiger partial charge in [-0.25, -0.2) is 4.68 Å². The van der Waals surface area contributed by atoms with Crippen LogP contribution in [0.25, 0.3) is 0 Å². The minimum Gasteiger partial charge on any atom is -0.487 e. The number of carbonyl (C=O) groups is 1. The molecule has 1 aliphatic heterocycles. The Hall–Kier alpha value is -3.46. The maximum atomic E-state index is 11.9. The molecule has 1 aromatic heterocycles. The molecule has 28 heavy (non-hydrogen) atoms. The molecule has 0 spiro atoms. The maximum absolute atomic E-state index is 11.9. The first-order valence-corrected chi connectivity index (χ1v) is 8.74. The zero-order valence-corrected chi connectivity index (χ0v) is 15.2. The SMILES string of the molecule is O=C1C[C@@H](c2ccc(OCc3cccc([N+](=O)[O-])c3)c(Cl)c2)n2ncnc2N1. The van der Waals surface area contributed by atoms with Crippen LogP contribution >= 0.6 is 11.6 Å². The van der Waals surface area contributed by atoms with Crippen LogP contribution in [0.2, 0.25) is 5.02 Å². The third-order valence-corrected chi connectivity index (χ3v) is 4.65. The second-order valence-corrected chi connectivity index (χ2v) is 6.61. The molecule has 0 radical (unpaired) electrons. The molecule has 2 aromatic carbocycles. The van der Waals surface area contributed by atoms with Gasteiger partial charge in [0, 0.05) is 12.1 Å². The first-order valence-electron chi connectivity index (χ1n) is 8.36. The van der Waals surface area contributed by atoms with Crippen molar-refractivity contribution in [3.05, 3.63) is 75.1 Å². The summed E-state index contributed by atoms with van der Waals surface area (Å²) in [6.07, 6.45) is 1.60. The lowest BCUT2D eigenvalue weighted by Gasteiger charge is -2.24. The summed E-state index contributed by atoms with van der Waals surface area (Å²) in [7, 11) is 0. The first-order chi connectivity index (χ1) is 13.5. The number of fused-ring (bicyclic) bond motifs is 1. The van der Waals surface area contributed by atoms with Crippen molar-refractivity contribution in [3.8, 4) is 5.75 Å². The number of nitro groups is 1.